The van der Waals surface area contributed by atoms with Gasteiger partial charge in [0.2, 0.25) is 0 Å². The molecule has 2 atom stereocenters. The number of nitrogens with one attached hydrogen (secondary N) is 1. The SMILES string of the molecule is CC1CC(Nc2ccc(C#N)cc2)CN1C. The minimum atomic E-state index is 0.521. The first-order valence-electron chi connectivity index (χ1n) is 5.66. The van der Waals surface area contributed by atoms with E-state index in [1.165, 1.54) is 6.42 Å². The summed E-state index contributed by atoms with van der Waals surface area (Å²) in [5.41, 5.74) is 1.81. The van der Waals surface area contributed by atoms with Crippen molar-refractivity contribution in [2.45, 2.75) is 25.4 Å². The first-order valence-corrected chi connectivity index (χ1v) is 5.66. The molecule has 1 aromatic rings. The number of nitriles is 1. The summed E-state index contributed by atoms with van der Waals surface area (Å²) < 4.78 is 0. The van der Waals surface area contributed by atoms with E-state index in [4.69, 9.17) is 5.26 Å². The van der Waals surface area contributed by atoms with Crippen molar-refractivity contribution in [1.82, 2.24) is 4.90 Å². The fourth-order valence-corrected chi connectivity index (χ4v) is 2.18. The largest absolute Gasteiger partial charge is 0.381 e. The van der Waals surface area contributed by atoms with Crippen LogP contribution in [0.5, 0.6) is 0 Å². The molecule has 1 aliphatic heterocycles. The van der Waals surface area contributed by atoms with Crippen LogP contribution < -0.4 is 5.32 Å². The van der Waals surface area contributed by atoms with Crippen LogP contribution >= 0.6 is 0 Å². The second-order valence-corrected chi connectivity index (χ2v) is 4.55. The molecule has 16 heavy (non-hydrogen) atoms. The van der Waals surface area contributed by atoms with Gasteiger partial charge in [0, 0.05) is 24.3 Å². The summed E-state index contributed by atoms with van der Waals surface area (Å²) in [6, 6.07) is 10.9. The molecule has 0 amide bonds. The van der Waals surface area contributed by atoms with Gasteiger partial charge in [0.25, 0.3) is 0 Å². The van der Waals surface area contributed by atoms with Gasteiger partial charge in [0.1, 0.15) is 0 Å². The molecule has 1 fully saturated rings. The van der Waals surface area contributed by atoms with Gasteiger partial charge in [-0.05, 0) is 44.7 Å². The minimum Gasteiger partial charge on any atom is -0.381 e. The Balaban J connectivity index is 1.97. The normalized spacial score (nSPS) is 25.3. The Hall–Kier alpha value is -1.53. The van der Waals surface area contributed by atoms with Crippen LogP contribution in [0.1, 0.15) is 18.9 Å². The van der Waals surface area contributed by atoms with Gasteiger partial charge in [-0.1, -0.05) is 0 Å². The first kappa shape index (κ1) is 11.0. The van der Waals surface area contributed by atoms with E-state index < -0.39 is 0 Å². The van der Waals surface area contributed by atoms with Crippen molar-refractivity contribution in [3.63, 3.8) is 0 Å². The fraction of sp³-hybridized carbons (Fsp3) is 0.462. The molecule has 1 aromatic carbocycles. The molecule has 1 N–H and O–H groups in total. The van der Waals surface area contributed by atoms with E-state index in [0.717, 1.165) is 12.2 Å². The predicted octanol–water partition coefficient (Wildman–Crippen LogP) is 2.06. The summed E-state index contributed by atoms with van der Waals surface area (Å²) in [4.78, 5) is 2.36. The Morgan fingerprint density at radius 2 is 2.06 bits per heavy atom. The Morgan fingerprint density at radius 3 is 2.56 bits per heavy atom. The summed E-state index contributed by atoms with van der Waals surface area (Å²) in [7, 11) is 2.16. The molecule has 0 spiro atoms. The zero-order valence-electron chi connectivity index (χ0n) is 9.77. The Labute approximate surface area is 96.7 Å². The molecule has 0 aliphatic carbocycles. The van der Waals surface area contributed by atoms with Gasteiger partial charge in [0.05, 0.1) is 11.6 Å². The van der Waals surface area contributed by atoms with Gasteiger partial charge in [0.15, 0.2) is 0 Å². The third-order valence-electron chi connectivity index (χ3n) is 3.27. The van der Waals surface area contributed by atoms with Crippen molar-refractivity contribution in [2.75, 3.05) is 18.9 Å². The second kappa shape index (κ2) is 4.54. The van der Waals surface area contributed by atoms with Gasteiger partial charge in [-0.25, -0.2) is 0 Å². The first-order chi connectivity index (χ1) is 7.69. The molecule has 0 saturated carbocycles. The standard InChI is InChI=1S/C13H17N3/c1-10-7-13(9-16(10)2)15-12-5-3-11(8-14)4-6-12/h3-6,10,13,15H,7,9H2,1-2H3. The van der Waals surface area contributed by atoms with E-state index >= 15 is 0 Å². The molecule has 2 rings (SSSR count). The Bertz CT molecular complexity index is 381. The molecular weight excluding hydrogens is 198 g/mol. The van der Waals surface area contributed by atoms with Crippen molar-refractivity contribution in [1.29, 1.82) is 5.26 Å². The second-order valence-electron chi connectivity index (χ2n) is 4.55. The average Bonchev–Trinajstić information content (AvgIpc) is 2.59. The molecule has 2 unspecified atom stereocenters. The lowest BCUT2D eigenvalue weighted by atomic mass is 10.1. The van der Waals surface area contributed by atoms with Crippen molar-refractivity contribution in [3.8, 4) is 6.07 Å². The molecule has 0 radical (unpaired) electrons. The van der Waals surface area contributed by atoms with Gasteiger partial charge >= 0.3 is 0 Å². The van der Waals surface area contributed by atoms with Gasteiger partial charge in [-0.2, -0.15) is 5.26 Å². The highest BCUT2D eigenvalue weighted by molar-refractivity contribution is 5.48. The number of anilines is 1. The third kappa shape index (κ3) is 2.34. The van der Waals surface area contributed by atoms with Gasteiger partial charge in [-0.15, -0.1) is 0 Å². The minimum absolute atomic E-state index is 0.521. The van der Waals surface area contributed by atoms with Gasteiger partial charge < -0.3 is 10.2 Å². The van der Waals surface area contributed by atoms with E-state index in [9.17, 15) is 0 Å². The van der Waals surface area contributed by atoms with Gasteiger partial charge in [-0.3, -0.25) is 0 Å². The smallest absolute Gasteiger partial charge is 0.0991 e. The zero-order valence-corrected chi connectivity index (χ0v) is 9.77. The Morgan fingerprint density at radius 1 is 1.38 bits per heavy atom. The summed E-state index contributed by atoms with van der Waals surface area (Å²) in [5, 5.41) is 12.2. The highest BCUT2D eigenvalue weighted by Gasteiger charge is 2.25. The summed E-state index contributed by atoms with van der Waals surface area (Å²) >= 11 is 0. The molecule has 1 aliphatic rings. The van der Waals surface area contributed by atoms with E-state index in [-0.39, 0.29) is 0 Å². The van der Waals surface area contributed by atoms with Crippen molar-refractivity contribution in [2.24, 2.45) is 0 Å². The maximum absolute atomic E-state index is 8.71. The maximum Gasteiger partial charge on any atom is 0.0991 e. The molecule has 3 heteroatoms. The van der Waals surface area contributed by atoms with Crippen LogP contribution in [-0.2, 0) is 0 Å². The summed E-state index contributed by atoms with van der Waals surface area (Å²) in [5.74, 6) is 0. The number of nitrogens with zero attached hydrogens (tertiary/aromatic N) is 2. The lowest BCUT2D eigenvalue weighted by Gasteiger charge is -2.14. The maximum atomic E-state index is 8.71. The van der Waals surface area contributed by atoms with E-state index in [0.29, 0.717) is 17.6 Å². The fourth-order valence-electron chi connectivity index (χ4n) is 2.18. The van der Waals surface area contributed by atoms with E-state index in [1.54, 1.807) is 0 Å². The number of benzene rings is 1. The van der Waals surface area contributed by atoms with Crippen molar-refractivity contribution >= 4 is 5.69 Å². The molecular formula is C13H17N3. The van der Waals surface area contributed by atoms with E-state index in [2.05, 4.69) is 30.3 Å². The van der Waals surface area contributed by atoms with Crippen LogP contribution in [0, 0.1) is 11.3 Å². The number of rotatable bonds is 2. The number of hydrogen-bond acceptors (Lipinski definition) is 3. The van der Waals surface area contributed by atoms with Crippen LogP contribution in [0.15, 0.2) is 24.3 Å². The van der Waals surface area contributed by atoms with Crippen LogP contribution in [0.25, 0.3) is 0 Å². The summed E-state index contributed by atoms with van der Waals surface area (Å²) in [6.45, 7) is 3.33. The Kier molecular flexibility index (Phi) is 3.12. The average molecular weight is 215 g/mol. The number of hydrogen-bond donors (Lipinski definition) is 1. The third-order valence-corrected chi connectivity index (χ3v) is 3.27. The quantitative estimate of drug-likeness (QED) is 0.820. The lowest BCUT2D eigenvalue weighted by Crippen LogP contribution is -2.24. The highest BCUT2D eigenvalue weighted by Crippen LogP contribution is 2.19. The zero-order chi connectivity index (χ0) is 11.5. The van der Waals surface area contributed by atoms with Crippen molar-refractivity contribution < 1.29 is 0 Å². The summed E-state index contributed by atoms with van der Waals surface area (Å²) in [6.07, 6.45) is 1.18. The van der Waals surface area contributed by atoms with Crippen LogP contribution in [-0.4, -0.2) is 30.6 Å². The molecule has 1 saturated heterocycles. The number of likely N-dealkylation sites (tertiary alicyclic amines) is 1. The monoisotopic (exact) mass is 215 g/mol. The lowest BCUT2D eigenvalue weighted by molar-refractivity contribution is 0.330. The highest BCUT2D eigenvalue weighted by atomic mass is 15.2. The molecule has 1 heterocycles. The molecule has 0 aromatic heterocycles. The van der Waals surface area contributed by atoms with Crippen LogP contribution in [0.4, 0.5) is 5.69 Å². The number of likely N-dealkylation sites (N-methyl/N-ethyl adjacent to an activating group) is 1. The van der Waals surface area contributed by atoms with Crippen LogP contribution in [0.2, 0.25) is 0 Å². The molecule has 3 nitrogen and oxygen atoms in total. The van der Waals surface area contributed by atoms with Crippen molar-refractivity contribution in [3.05, 3.63) is 29.8 Å². The van der Waals surface area contributed by atoms with E-state index in [1.807, 2.05) is 24.3 Å². The topological polar surface area (TPSA) is 39.1 Å². The predicted molar refractivity (Wildman–Crippen MR) is 65.3 cm³/mol. The van der Waals surface area contributed by atoms with Crippen LogP contribution in [0.3, 0.4) is 0 Å². The molecule has 84 valence electrons. The molecule has 0 bridgehead atoms.